The Labute approximate surface area is 118 Å². The number of hydrogen-bond acceptors (Lipinski definition) is 4. The number of aliphatic hydroxyl groups excluding tert-OH is 1. The normalized spacial score (nSPS) is 23.5. The van der Waals surface area contributed by atoms with Crippen molar-refractivity contribution in [2.75, 3.05) is 26.2 Å². The number of carbonyl (C=O) groups is 1. The Bertz CT molecular complexity index is 446. The van der Waals surface area contributed by atoms with Crippen molar-refractivity contribution in [3.05, 3.63) is 29.8 Å². The lowest BCUT2D eigenvalue weighted by atomic mass is 9.96. The third kappa shape index (κ3) is 3.95. The van der Waals surface area contributed by atoms with Crippen LogP contribution in [0.4, 0.5) is 0 Å². The molecular weight excluding hydrogens is 258 g/mol. The van der Waals surface area contributed by atoms with Gasteiger partial charge in [-0.15, -0.1) is 0 Å². The van der Waals surface area contributed by atoms with Crippen LogP contribution in [0.1, 0.15) is 23.7 Å². The van der Waals surface area contributed by atoms with E-state index in [1.807, 2.05) is 0 Å². The Morgan fingerprint density at radius 1 is 1.40 bits per heavy atom. The molecule has 1 aliphatic heterocycles. The number of aromatic carboxylic acids is 1. The quantitative estimate of drug-likeness (QED) is 0.854. The van der Waals surface area contributed by atoms with Crippen LogP contribution in [0, 0.1) is 5.92 Å². The second-order valence-electron chi connectivity index (χ2n) is 5.31. The maximum atomic E-state index is 10.7. The highest BCUT2D eigenvalue weighted by atomic mass is 16.5. The molecule has 1 saturated heterocycles. The van der Waals surface area contributed by atoms with E-state index in [9.17, 15) is 9.90 Å². The van der Waals surface area contributed by atoms with E-state index >= 15 is 0 Å². The number of benzene rings is 1. The number of carboxylic acids is 1. The largest absolute Gasteiger partial charge is 0.492 e. The second-order valence-corrected chi connectivity index (χ2v) is 5.31. The van der Waals surface area contributed by atoms with Gasteiger partial charge in [-0.25, -0.2) is 4.79 Å². The number of likely N-dealkylation sites (tertiary alicyclic amines) is 1. The van der Waals surface area contributed by atoms with Crippen molar-refractivity contribution in [3.63, 3.8) is 0 Å². The molecule has 1 aliphatic rings. The maximum absolute atomic E-state index is 10.7. The van der Waals surface area contributed by atoms with Gasteiger partial charge >= 0.3 is 5.97 Å². The summed E-state index contributed by atoms with van der Waals surface area (Å²) in [5, 5.41) is 18.6. The summed E-state index contributed by atoms with van der Waals surface area (Å²) < 4.78 is 5.59. The van der Waals surface area contributed by atoms with Crippen molar-refractivity contribution in [2.24, 2.45) is 5.92 Å². The molecule has 20 heavy (non-hydrogen) atoms. The number of hydrogen-bond donors (Lipinski definition) is 2. The number of rotatable bonds is 5. The fourth-order valence-electron chi connectivity index (χ4n) is 2.30. The molecule has 2 N–H and O–H groups in total. The van der Waals surface area contributed by atoms with Crippen LogP contribution in [0.5, 0.6) is 5.75 Å². The minimum atomic E-state index is -0.937. The molecule has 0 saturated carbocycles. The molecule has 110 valence electrons. The Morgan fingerprint density at radius 3 is 2.70 bits per heavy atom. The molecule has 5 nitrogen and oxygen atoms in total. The summed E-state index contributed by atoms with van der Waals surface area (Å²) in [5.74, 6) is 0.102. The first-order chi connectivity index (χ1) is 9.56. The lowest BCUT2D eigenvalue weighted by molar-refractivity contribution is 0.0244. The SMILES string of the molecule is CC1CCN(CCOc2ccc(C(=O)O)cc2)CC1O. The Balaban J connectivity index is 1.74. The zero-order valence-electron chi connectivity index (χ0n) is 11.7. The summed E-state index contributed by atoms with van der Waals surface area (Å²) in [6.45, 7) is 5.06. The molecule has 1 heterocycles. The van der Waals surface area contributed by atoms with E-state index < -0.39 is 5.97 Å². The number of piperidine rings is 1. The van der Waals surface area contributed by atoms with E-state index in [-0.39, 0.29) is 11.7 Å². The molecule has 0 spiro atoms. The van der Waals surface area contributed by atoms with E-state index in [0.29, 0.717) is 24.8 Å². The van der Waals surface area contributed by atoms with Gasteiger partial charge in [-0.1, -0.05) is 6.92 Å². The summed E-state index contributed by atoms with van der Waals surface area (Å²) in [4.78, 5) is 12.9. The van der Waals surface area contributed by atoms with E-state index in [1.165, 1.54) is 12.1 Å². The summed E-state index contributed by atoms with van der Waals surface area (Å²) in [6, 6.07) is 6.39. The van der Waals surface area contributed by atoms with Crippen LogP contribution < -0.4 is 4.74 Å². The molecule has 1 aromatic carbocycles. The standard InChI is InChI=1S/C15H21NO4/c1-11-6-7-16(10-14(11)17)8-9-20-13-4-2-12(3-5-13)15(18)19/h2-5,11,14,17H,6-10H2,1H3,(H,18,19). The van der Waals surface area contributed by atoms with Gasteiger partial charge in [0.2, 0.25) is 0 Å². The molecule has 1 fully saturated rings. The van der Waals surface area contributed by atoms with Gasteiger partial charge in [0.15, 0.2) is 0 Å². The van der Waals surface area contributed by atoms with Crippen molar-refractivity contribution in [3.8, 4) is 5.75 Å². The van der Waals surface area contributed by atoms with Gasteiger partial charge in [0, 0.05) is 13.1 Å². The first kappa shape index (κ1) is 14.8. The summed E-state index contributed by atoms with van der Waals surface area (Å²) in [5.41, 5.74) is 0.255. The Kier molecular flexibility index (Phi) is 4.98. The lowest BCUT2D eigenvalue weighted by Gasteiger charge is -2.34. The summed E-state index contributed by atoms with van der Waals surface area (Å²) >= 11 is 0. The van der Waals surface area contributed by atoms with Gasteiger partial charge in [0.05, 0.1) is 11.7 Å². The van der Waals surface area contributed by atoms with Gasteiger partial charge < -0.3 is 14.9 Å². The summed E-state index contributed by atoms with van der Waals surface area (Å²) in [7, 11) is 0. The van der Waals surface area contributed by atoms with Crippen molar-refractivity contribution >= 4 is 5.97 Å². The number of ether oxygens (including phenoxy) is 1. The van der Waals surface area contributed by atoms with Crippen LogP contribution >= 0.6 is 0 Å². The fourth-order valence-corrected chi connectivity index (χ4v) is 2.30. The third-order valence-electron chi connectivity index (χ3n) is 3.78. The molecule has 0 amide bonds. The minimum absolute atomic E-state index is 0.251. The van der Waals surface area contributed by atoms with Crippen LogP contribution in [0.15, 0.2) is 24.3 Å². The summed E-state index contributed by atoms with van der Waals surface area (Å²) in [6.07, 6.45) is 0.757. The van der Waals surface area contributed by atoms with Gasteiger partial charge in [0.25, 0.3) is 0 Å². The molecule has 2 atom stereocenters. The molecule has 0 aliphatic carbocycles. The smallest absolute Gasteiger partial charge is 0.335 e. The highest BCUT2D eigenvalue weighted by molar-refractivity contribution is 5.87. The predicted octanol–water partition coefficient (Wildman–Crippen LogP) is 1.47. The van der Waals surface area contributed by atoms with Crippen LogP contribution in [0.25, 0.3) is 0 Å². The van der Waals surface area contributed by atoms with E-state index in [4.69, 9.17) is 9.84 Å². The van der Waals surface area contributed by atoms with E-state index in [1.54, 1.807) is 12.1 Å². The number of aliphatic hydroxyl groups is 1. The van der Waals surface area contributed by atoms with Gasteiger partial charge in [0.1, 0.15) is 12.4 Å². The number of nitrogens with zero attached hydrogens (tertiary/aromatic N) is 1. The molecule has 5 heteroatoms. The zero-order chi connectivity index (χ0) is 14.5. The lowest BCUT2D eigenvalue weighted by Crippen LogP contribution is -2.44. The third-order valence-corrected chi connectivity index (χ3v) is 3.78. The van der Waals surface area contributed by atoms with Gasteiger partial charge in [-0.05, 0) is 43.1 Å². The van der Waals surface area contributed by atoms with Crippen LogP contribution in [-0.4, -0.2) is 53.4 Å². The average molecular weight is 279 g/mol. The van der Waals surface area contributed by atoms with Crippen molar-refractivity contribution < 1.29 is 19.7 Å². The van der Waals surface area contributed by atoms with Crippen LogP contribution in [-0.2, 0) is 0 Å². The van der Waals surface area contributed by atoms with Crippen LogP contribution in [0.2, 0.25) is 0 Å². The minimum Gasteiger partial charge on any atom is -0.492 e. The fraction of sp³-hybridized carbons (Fsp3) is 0.533. The highest BCUT2D eigenvalue weighted by Gasteiger charge is 2.23. The van der Waals surface area contributed by atoms with Gasteiger partial charge in [-0.3, -0.25) is 4.90 Å². The van der Waals surface area contributed by atoms with Crippen molar-refractivity contribution in [2.45, 2.75) is 19.4 Å². The average Bonchev–Trinajstić information content (AvgIpc) is 2.43. The van der Waals surface area contributed by atoms with Crippen molar-refractivity contribution in [1.29, 1.82) is 0 Å². The first-order valence-corrected chi connectivity index (χ1v) is 6.93. The molecule has 0 bridgehead atoms. The first-order valence-electron chi connectivity index (χ1n) is 6.93. The molecule has 1 aromatic rings. The topological polar surface area (TPSA) is 70.0 Å². The van der Waals surface area contributed by atoms with E-state index in [2.05, 4.69) is 11.8 Å². The van der Waals surface area contributed by atoms with Crippen LogP contribution in [0.3, 0.4) is 0 Å². The molecular formula is C15H21NO4. The monoisotopic (exact) mass is 279 g/mol. The van der Waals surface area contributed by atoms with Gasteiger partial charge in [-0.2, -0.15) is 0 Å². The van der Waals surface area contributed by atoms with E-state index in [0.717, 1.165) is 19.5 Å². The maximum Gasteiger partial charge on any atom is 0.335 e. The number of β-amino-alcohol motifs (C(OH)–C–C–N with tert-alkyl or cyclic N) is 1. The van der Waals surface area contributed by atoms with Crippen molar-refractivity contribution in [1.82, 2.24) is 4.90 Å². The molecule has 0 aromatic heterocycles. The second kappa shape index (κ2) is 6.72. The molecule has 2 unspecified atom stereocenters. The zero-order valence-corrected chi connectivity index (χ0v) is 11.7. The predicted molar refractivity (Wildman–Crippen MR) is 75.1 cm³/mol. The Hall–Kier alpha value is -1.59. The molecule has 0 radical (unpaired) electrons. The highest BCUT2D eigenvalue weighted by Crippen LogP contribution is 2.17. The Morgan fingerprint density at radius 2 is 2.10 bits per heavy atom. The number of carboxylic acid groups (broad SMARTS) is 1. The molecule has 2 rings (SSSR count).